The number of rotatable bonds is 10. The highest BCUT2D eigenvalue weighted by molar-refractivity contribution is 6.21. The Kier molecular flexibility index (Phi) is 7.03. The highest BCUT2D eigenvalue weighted by Crippen LogP contribution is 2.27. The summed E-state index contributed by atoms with van der Waals surface area (Å²) in [7, 11) is 2.12. The molecule has 158 valence electrons. The number of carbonyl (C=O) groups excluding carboxylic acids is 2. The second kappa shape index (κ2) is 9.69. The van der Waals surface area contributed by atoms with Crippen LogP contribution in [0.1, 0.15) is 59.2 Å². The van der Waals surface area contributed by atoms with E-state index in [0.29, 0.717) is 29.5 Å². The molecule has 0 spiro atoms. The molecule has 0 saturated heterocycles. The number of hydrogen-bond donors (Lipinski definition) is 0. The Hall–Kier alpha value is -2.68. The van der Waals surface area contributed by atoms with Crippen molar-refractivity contribution in [2.45, 2.75) is 44.6 Å². The minimum absolute atomic E-state index is 0.0720. The first kappa shape index (κ1) is 21.0. The molecule has 0 radical (unpaired) electrons. The molecule has 1 aromatic carbocycles. The van der Waals surface area contributed by atoms with Crippen LogP contribution in [0.25, 0.3) is 0 Å². The van der Waals surface area contributed by atoms with Crippen LogP contribution in [0.4, 0.5) is 0 Å². The van der Waals surface area contributed by atoms with Gasteiger partial charge in [0.1, 0.15) is 12.4 Å². The van der Waals surface area contributed by atoms with Crippen LogP contribution in [-0.2, 0) is 4.84 Å². The van der Waals surface area contributed by atoms with Gasteiger partial charge in [0.2, 0.25) is 0 Å². The van der Waals surface area contributed by atoms with Gasteiger partial charge in [0.15, 0.2) is 0 Å². The van der Waals surface area contributed by atoms with E-state index >= 15 is 0 Å². The van der Waals surface area contributed by atoms with E-state index in [9.17, 15) is 19.7 Å². The standard InChI is InChI=1S/C20H27N3O6/c1-21(15-6-3-2-4-7-15)11-13-28-16-8-9-17-18(14-16)20(25)22(19(17)24)10-5-12-29-23(26)27/h8-9,14-15H,2-7,10-13H2,1H3. The maximum absolute atomic E-state index is 12.5. The quantitative estimate of drug-likeness (QED) is 0.255. The number of nitrogens with zero attached hydrogens (tertiary/aromatic N) is 3. The smallest absolute Gasteiger partial charge is 0.294 e. The lowest BCUT2D eigenvalue weighted by Crippen LogP contribution is -2.36. The average Bonchev–Trinajstić information content (AvgIpc) is 2.95. The molecule has 1 aromatic rings. The fourth-order valence-electron chi connectivity index (χ4n) is 3.94. The molecule has 2 aliphatic rings. The van der Waals surface area contributed by atoms with Gasteiger partial charge in [-0.2, -0.15) is 0 Å². The van der Waals surface area contributed by atoms with Crippen molar-refractivity contribution in [3.05, 3.63) is 39.4 Å². The number of imide groups is 1. The molecule has 9 nitrogen and oxygen atoms in total. The van der Waals surface area contributed by atoms with E-state index < -0.39 is 16.9 Å². The largest absolute Gasteiger partial charge is 0.492 e. The highest BCUT2D eigenvalue weighted by Gasteiger charge is 2.35. The van der Waals surface area contributed by atoms with Gasteiger partial charge in [-0.3, -0.25) is 14.5 Å². The zero-order valence-corrected chi connectivity index (χ0v) is 16.7. The first-order valence-electron chi connectivity index (χ1n) is 10.1. The molecule has 1 aliphatic heterocycles. The first-order valence-corrected chi connectivity index (χ1v) is 10.1. The molecule has 1 aliphatic carbocycles. The zero-order chi connectivity index (χ0) is 20.8. The van der Waals surface area contributed by atoms with E-state index in [0.717, 1.165) is 11.4 Å². The van der Waals surface area contributed by atoms with Gasteiger partial charge in [0.05, 0.1) is 17.7 Å². The van der Waals surface area contributed by atoms with Crippen LogP contribution in [0, 0.1) is 10.1 Å². The fraction of sp³-hybridized carbons (Fsp3) is 0.600. The van der Waals surface area contributed by atoms with Gasteiger partial charge >= 0.3 is 0 Å². The van der Waals surface area contributed by atoms with Gasteiger partial charge in [-0.15, -0.1) is 10.1 Å². The molecule has 29 heavy (non-hydrogen) atoms. The molecule has 2 amide bonds. The van der Waals surface area contributed by atoms with Crippen molar-refractivity contribution >= 4 is 11.8 Å². The molecule has 0 bridgehead atoms. The number of hydrogen-bond acceptors (Lipinski definition) is 7. The van der Waals surface area contributed by atoms with Crippen molar-refractivity contribution in [2.75, 3.05) is 33.4 Å². The molecule has 1 heterocycles. The number of benzene rings is 1. The third-order valence-electron chi connectivity index (χ3n) is 5.58. The van der Waals surface area contributed by atoms with Crippen molar-refractivity contribution in [1.82, 2.24) is 9.80 Å². The van der Waals surface area contributed by atoms with Gasteiger partial charge in [0, 0.05) is 19.1 Å². The van der Waals surface area contributed by atoms with E-state index in [1.165, 1.54) is 32.1 Å². The molecule has 1 fully saturated rings. The minimum atomic E-state index is -0.891. The summed E-state index contributed by atoms with van der Waals surface area (Å²) in [5.74, 6) is -0.244. The number of carbonyl (C=O) groups is 2. The van der Waals surface area contributed by atoms with Crippen LogP contribution in [0.2, 0.25) is 0 Å². The second-order valence-corrected chi connectivity index (χ2v) is 7.50. The highest BCUT2D eigenvalue weighted by atomic mass is 16.9. The first-order chi connectivity index (χ1) is 14.0. The van der Waals surface area contributed by atoms with Crippen molar-refractivity contribution in [2.24, 2.45) is 0 Å². The summed E-state index contributed by atoms with van der Waals surface area (Å²) in [5.41, 5.74) is 0.639. The fourth-order valence-corrected chi connectivity index (χ4v) is 3.94. The Labute approximate surface area is 169 Å². The third-order valence-corrected chi connectivity index (χ3v) is 5.58. The maximum atomic E-state index is 12.5. The Bertz CT molecular complexity index is 763. The molecule has 0 aromatic heterocycles. The Morgan fingerprint density at radius 3 is 2.59 bits per heavy atom. The lowest BCUT2D eigenvalue weighted by atomic mass is 9.94. The number of amides is 2. The van der Waals surface area contributed by atoms with Crippen molar-refractivity contribution in [3.63, 3.8) is 0 Å². The van der Waals surface area contributed by atoms with Crippen molar-refractivity contribution < 1.29 is 24.3 Å². The number of likely N-dealkylation sites (N-methyl/N-ethyl adjacent to an activating group) is 1. The summed E-state index contributed by atoms with van der Waals surface area (Å²) < 4.78 is 5.82. The predicted octanol–water partition coefficient (Wildman–Crippen LogP) is 2.52. The van der Waals surface area contributed by atoms with Crippen LogP contribution >= 0.6 is 0 Å². The zero-order valence-electron chi connectivity index (χ0n) is 16.7. The van der Waals surface area contributed by atoms with Crippen molar-refractivity contribution in [1.29, 1.82) is 0 Å². The minimum Gasteiger partial charge on any atom is -0.492 e. The SMILES string of the molecule is CN(CCOc1ccc2c(c1)C(=O)N(CCCO[N+](=O)[O-])C2=O)C1CCCCC1. The Balaban J connectivity index is 1.51. The lowest BCUT2D eigenvalue weighted by molar-refractivity contribution is -0.757. The van der Waals surface area contributed by atoms with Crippen LogP contribution in [0.15, 0.2) is 18.2 Å². The van der Waals surface area contributed by atoms with E-state index in [-0.39, 0.29) is 19.6 Å². The van der Waals surface area contributed by atoms with Gasteiger partial charge < -0.3 is 14.5 Å². The summed E-state index contributed by atoms with van der Waals surface area (Å²) in [6.45, 7) is 1.22. The van der Waals surface area contributed by atoms with E-state index in [2.05, 4.69) is 16.8 Å². The van der Waals surface area contributed by atoms with Gasteiger partial charge in [-0.05, 0) is 44.5 Å². The second-order valence-electron chi connectivity index (χ2n) is 7.50. The van der Waals surface area contributed by atoms with Gasteiger partial charge in [0.25, 0.3) is 16.9 Å². The molecule has 1 saturated carbocycles. The number of ether oxygens (including phenoxy) is 1. The summed E-state index contributed by atoms with van der Waals surface area (Å²) in [5, 5.41) is 9.29. The predicted molar refractivity (Wildman–Crippen MR) is 104 cm³/mol. The van der Waals surface area contributed by atoms with E-state index in [1.54, 1.807) is 18.2 Å². The molecule has 0 N–H and O–H groups in total. The van der Waals surface area contributed by atoms with Crippen LogP contribution in [0.5, 0.6) is 5.75 Å². The maximum Gasteiger partial charge on any atom is 0.294 e. The average molecular weight is 405 g/mol. The molecule has 0 atom stereocenters. The summed E-state index contributed by atoms with van der Waals surface area (Å²) in [6, 6.07) is 5.51. The lowest BCUT2D eigenvalue weighted by Gasteiger charge is -2.31. The van der Waals surface area contributed by atoms with Gasteiger partial charge in [-0.1, -0.05) is 19.3 Å². The molecular formula is C20H27N3O6. The van der Waals surface area contributed by atoms with E-state index in [4.69, 9.17) is 4.74 Å². The van der Waals surface area contributed by atoms with Crippen LogP contribution < -0.4 is 4.74 Å². The molecule has 3 rings (SSSR count). The molecule has 0 unspecified atom stereocenters. The number of fused-ring (bicyclic) bond motifs is 1. The van der Waals surface area contributed by atoms with Crippen LogP contribution in [0.3, 0.4) is 0 Å². The molecular weight excluding hydrogens is 378 g/mol. The molecule has 9 heteroatoms. The Morgan fingerprint density at radius 2 is 1.86 bits per heavy atom. The monoisotopic (exact) mass is 405 g/mol. The van der Waals surface area contributed by atoms with Gasteiger partial charge in [-0.25, -0.2) is 0 Å². The van der Waals surface area contributed by atoms with Crippen molar-refractivity contribution in [3.8, 4) is 5.75 Å². The summed E-state index contributed by atoms with van der Waals surface area (Å²) in [6.07, 6.45) is 6.55. The normalized spacial score (nSPS) is 17.0. The van der Waals surface area contributed by atoms with Crippen LogP contribution in [-0.4, -0.2) is 66.1 Å². The Morgan fingerprint density at radius 1 is 1.14 bits per heavy atom. The summed E-state index contributed by atoms with van der Waals surface area (Å²) >= 11 is 0. The third kappa shape index (κ3) is 5.23. The summed E-state index contributed by atoms with van der Waals surface area (Å²) in [4.78, 5) is 42.8. The van der Waals surface area contributed by atoms with E-state index in [1.807, 2.05) is 0 Å². The topological polar surface area (TPSA) is 102 Å².